The molecule has 21 heavy (non-hydrogen) atoms. The molecular weight excluding hydrogens is 274 g/mol. The van der Waals surface area contributed by atoms with Gasteiger partial charge >= 0.3 is 0 Å². The van der Waals surface area contributed by atoms with Crippen molar-refractivity contribution >= 4 is 5.69 Å². The fraction of sp³-hybridized carbons (Fsp3) is 0.385. The number of benzene rings is 1. The molecule has 0 bridgehead atoms. The predicted octanol–water partition coefficient (Wildman–Crippen LogP) is 1.33. The smallest absolute Gasteiger partial charge is 0.270 e. The molecule has 0 atom stereocenters. The van der Waals surface area contributed by atoms with Gasteiger partial charge in [0.2, 0.25) is 0 Å². The first-order valence-corrected chi connectivity index (χ1v) is 6.42. The number of aromatic nitrogens is 3. The third kappa shape index (κ3) is 3.34. The van der Waals surface area contributed by atoms with E-state index in [9.17, 15) is 10.1 Å². The number of nitro benzene ring substituents is 1. The molecule has 1 heterocycles. The van der Waals surface area contributed by atoms with E-state index in [-0.39, 0.29) is 12.3 Å². The lowest BCUT2D eigenvalue weighted by Crippen LogP contribution is -2.10. The third-order valence-electron chi connectivity index (χ3n) is 3.16. The first-order chi connectivity index (χ1) is 10.0. The highest BCUT2D eigenvalue weighted by atomic mass is 16.6. The molecular formula is C13H17N5O3. The number of nitrogens with one attached hydrogen (secondary N) is 1. The molecule has 1 aromatic heterocycles. The average molecular weight is 291 g/mol. The molecule has 1 aromatic carbocycles. The van der Waals surface area contributed by atoms with Gasteiger partial charge in [-0.25, -0.2) is 0 Å². The maximum atomic E-state index is 10.8. The Kier molecular flexibility index (Phi) is 4.49. The van der Waals surface area contributed by atoms with Gasteiger partial charge in [0.15, 0.2) is 5.82 Å². The zero-order chi connectivity index (χ0) is 15.4. The van der Waals surface area contributed by atoms with E-state index in [1.165, 1.54) is 12.1 Å². The van der Waals surface area contributed by atoms with Crippen LogP contribution in [-0.2, 0) is 20.2 Å². The van der Waals surface area contributed by atoms with Gasteiger partial charge in [0.05, 0.1) is 4.92 Å². The highest BCUT2D eigenvalue weighted by molar-refractivity contribution is 5.43. The maximum absolute atomic E-state index is 10.8. The van der Waals surface area contributed by atoms with Gasteiger partial charge in [-0.3, -0.25) is 10.1 Å². The molecule has 2 aromatic rings. The summed E-state index contributed by atoms with van der Waals surface area (Å²) in [6, 6.07) is 4.54. The Morgan fingerprint density at radius 1 is 1.43 bits per heavy atom. The van der Waals surface area contributed by atoms with Crippen molar-refractivity contribution in [3.63, 3.8) is 0 Å². The molecule has 0 aliphatic heterocycles. The molecule has 0 aliphatic rings. The Morgan fingerprint density at radius 2 is 2.19 bits per heavy atom. The lowest BCUT2D eigenvalue weighted by molar-refractivity contribution is -0.384. The number of ether oxygens (including phenoxy) is 1. The summed E-state index contributed by atoms with van der Waals surface area (Å²) in [6.45, 7) is 2.59. The third-order valence-corrected chi connectivity index (χ3v) is 3.16. The van der Waals surface area contributed by atoms with Crippen molar-refractivity contribution in [1.82, 2.24) is 20.1 Å². The summed E-state index contributed by atoms with van der Waals surface area (Å²) in [7, 11) is 3.63. The van der Waals surface area contributed by atoms with Gasteiger partial charge in [0.1, 0.15) is 18.2 Å². The molecule has 1 N–H and O–H groups in total. The first kappa shape index (κ1) is 14.9. The van der Waals surface area contributed by atoms with E-state index in [4.69, 9.17) is 4.74 Å². The van der Waals surface area contributed by atoms with Crippen LogP contribution in [0.3, 0.4) is 0 Å². The molecule has 2 rings (SSSR count). The zero-order valence-electron chi connectivity index (χ0n) is 12.2. The monoisotopic (exact) mass is 291 g/mol. The van der Waals surface area contributed by atoms with Crippen LogP contribution in [0.5, 0.6) is 5.75 Å². The Labute approximate surface area is 121 Å². The predicted molar refractivity (Wildman–Crippen MR) is 75.9 cm³/mol. The zero-order valence-corrected chi connectivity index (χ0v) is 12.2. The SMILES string of the molecule is CNCc1cc([N+](=O)[O-])ccc1OCc1nnc(C)n1C. The molecule has 0 spiro atoms. The lowest BCUT2D eigenvalue weighted by Gasteiger charge is -2.11. The van der Waals surface area contributed by atoms with Crippen LogP contribution in [0.2, 0.25) is 0 Å². The van der Waals surface area contributed by atoms with Gasteiger partial charge < -0.3 is 14.6 Å². The van der Waals surface area contributed by atoms with Crippen molar-refractivity contribution in [3.8, 4) is 5.75 Å². The Bertz CT molecular complexity index is 653. The quantitative estimate of drug-likeness (QED) is 0.637. The average Bonchev–Trinajstić information content (AvgIpc) is 2.77. The Morgan fingerprint density at radius 3 is 2.76 bits per heavy atom. The fourth-order valence-electron chi connectivity index (χ4n) is 1.87. The largest absolute Gasteiger partial charge is 0.485 e. The summed E-state index contributed by atoms with van der Waals surface area (Å²) in [6.07, 6.45) is 0. The number of non-ortho nitro benzene ring substituents is 1. The van der Waals surface area contributed by atoms with Crippen LogP contribution in [0.4, 0.5) is 5.69 Å². The van der Waals surface area contributed by atoms with Crippen LogP contribution in [0.15, 0.2) is 18.2 Å². The minimum atomic E-state index is -0.422. The molecule has 0 amide bonds. The van der Waals surface area contributed by atoms with Crippen molar-refractivity contribution in [2.75, 3.05) is 7.05 Å². The van der Waals surface area contributed by atoms with E-state index in [2.05, 4.69) is 15.5 Å². The van der Waals surface area contributed by atoms with Crippen LogP contribution in [-0.4, -0.2) is 26.7 Å². The second-order valence-electron chi connectivity index (χ2n) is 4.59. The number of nitrogens with zero attached hydrogens (tertiary/aromatic N) is 4. The van der Waals surface area contributed by atoms with Crippen molar-refractivity contribution in [2.45, 2.75) is 20.1 Å². The van der Waals surface area contributed by atoms with Crippen LogP contribution >= 0.6 is 0 Å². The number of aryl methyl sites for hydroxylation is 1. The van der Waals surface area contributed by atoms with Crippen LogP contribution in [0.1, 0.15) is 17.2 Å². The van der Waals surface area contributed by atoms with E-state index >= 15 is 0 Å². The molecule has 8 heteroatoms. The Balaban J connectivity index is 2.18. The van der Waals surface area contributed by atoms with Gasteiger partial charge in [-0.15, -0.1) is 10.2 Å². The fourth-order valence-corrected chi connectivity index (χ4v) is 1.87. The number of hydrogen-bond donors (Lipinski definition) is 1. The van der Waals surface area contributed by atoms with Gasteiger partial charge in [0.25, 0.3) is 5.69 Å². The van der Waals surface area contributed by atoms with Gasteiger partial charge in [0, 0.05) is 31.3 Å². The van der Waals surface area contributed by atoms with Crippen molar-refractivity contribution in [1.29, 1.82) is 0 Å². The molecule has 0 aliphatic carbocycles. The minimum absolute atomic E-state index is 0.0436. The highest BCUT2D eigenvalue weighted by Crippen LogP contribution is 2.24. The van der Waals surface area contributed by atoms with Crippen molar-refractivity contribution in [3.05, 3.63) is 45.5 Å². The maximum Gasteiger partial charge on any atom is 0.270 e. The lowest BCUT2D eigenvalue weighted by atomic mass is 10.2. The summed E-state index contributed by atoms with van der Waals surface area (Å²) in [5.74, 6) is 2.09. The van der Waals surface area contributed by atoms with Gasteiger partial charge in [-0.05, 0) is 20.0 Å². The molecule has 8 nitrogen and oxygen atoms in total. The minimum Gasteiger partial charge on any atom is -0.485 e. The first-order valence-electron chi connectivity index (χ1n) is 6.42. The second-order valence-corrected chi connectivity index (χ2v) is 4.59. The van der Waals surface area contributed by atoms with E-state index in [0.717, 1.165) is 11.4 Å². The summed E-state index contributed by atoms with van der Waals surface area (Å²) in [5.41, 5.74) is 0.771. The standard InChI is InChI=1S/C13H17N5O3/c1-9-15-16-13(17(9)3)8-21-12-5-4-11(18(19)20)6-10(12)7-14-2/h4-6,14H,7-8H2,1-3H3. The van der Waals surface area contributed by atoms with Crippen molar-refractivity contribution in [2.24, 2.45) is 7.05 Å². The number of hydrogen-bond acceptors (Lipinski definition) is 6. The molecule has 0 saturated heterocycles. The second kappa shape index (κ2) is 6.31. The van der Waals surface area contributed by atoms with Crippen LogP contribution in [0, 0.1) is 17.0 Å². The molecule has 0 radical (unpaired) electrons. The van der Waals surface area contributed by atoms with E-state index in [1.54, 1.807) is 13.1 Å². The number of rotatable bonds is 6. The molecule has 0 unspecified atom stereocenters. The number of nitro groups is 1. The Hall–Kier alpha value is -2.48. The molecule has 0 saturated carbocycles. The molecule has 0 fully saturated rings. The van der Waals surface area contributed by atoms with E-state index < -0.39 is 4.92 Å². The van der Waals surface area contributed by atoms with E-state index in [1.807, 2.05) is 18.5 Å². The topological polar surface area (TPSA) is 95.1 Å². The highest BCUT2D eigenvalue weighted by Gasteiger charge is 2.13. The van der Waals surface area contributed by atoms with Crippen LogP contribution in [0.25, 0.3) is 0 Å². The van der Waals surface area contributed by atoms with Crippen molar-refractivity contribution < 1.29 is 9.66 Å². The van der Waals surface area contributed by atoms with Crippen LogP contribution < -0.4 is 10.1 Å². The summed E-state index contributed by atoms with van der Waals surface area (Å²) < 4.78 is 7.56. The van der Waals surface area contributed by atoms with E-state index in [0.29, 0.717) is 18.1 Å². The summed E-state index contributed by atoms with van der Waals surface area (Å²) in [5, 5.41) is 21.8. The van der Waals surface area contributed by atoms with Gasteiger partial charge in [-0.1, -0.05) is 0 Å². The normalized spacial score (nSPS) is 10.6. The summed E-state index contributed by atoms with van der Waals surface area (Å²) >= 11 is 0. The summed E-state index contributed by atoms with van der Waals surface area (Å²) in [4.78, 5) is 10.4. The van der Waals surface area contributed by atoms with Gasteiger partial charge in [-0.2, -0.15) is 0 Å². The molecule has 112 valence electrons.